The number of anilines is 1. The lowest BCUT2D eigenvalue weighted by Crippen LogP contribution is -2.53. The van der Waals surface area contributed by atoms with E-state index in [-0.39, 0.29) is 11.4 Å². The number of aryl methyl sites for hydroxylation is 2. The Kier molecular flexibility index (Phi) is 3.83. The Balaban J connectivity index is 1.48. The number of aromatic nitrogens is 3. The molecule has 7 heteroatoms. The van der Waals surface area contributed by atoms with Crippen molar-refractivity contribution in [1.29, 1.82) is 0 Å². The highest BCUT2D eigenvalue weighted by Crippen LogP contribution is 2.47. The van der Waals surface area contributed by atoms with Crippen LogP contribution in [0.3, 0.4) is 0 Å². The molecule has 2 unspecified atom stereocenters. The van der Waals surface area contributed by atoms with Gasteiger partial charge in [0.2, 0.25) is 5.13 Å². The Morgan fingerprint density at radius 2 is 2.42 bits per heavy atom. The molecule has 0 spiro atoms. The van der Waals surface area contributed by atoms with Crippen LogP contribution < -0.4 is 5.32 Å². The summed E-state index contributed by atoms with van der Waals surface area (Å²) in [5, 5.41) is 4.52. The number of fused-ring (bicyclic) bond motifs is 1. The number of nitrogens with one attached hydrogen (secondary N) is 1. The van der Waals surface area contributed by atoms with Crippen LogP contribution >= 0.6 is 11.5 Å². The summed E-state index contributed by atoms with van der Waals surface area (Å²) in [5.41, 5.74) is 0.747. The molecule has 1 aliphatic carbocycles. The van der Waals surface area contributed by atoms with E-state index in [1.54, 1.807) is 0 Å². The first-order valence-electron chi connectivity index (χ1n) is 8.63. The molecule has 2 fully saturated rings. The van der Waals surface area contributed by atoms with Gasteiger partial charge in [-0.25, -0.2) is 4.98 Å². The molecule has 2 aromatic rings. The predicted molar refractivity (Wildman–Crippen MR) is 94.3 cm³/mol. The maximum Gasteiger partial charge on any atom is 0.270 e. The van der Waals surface area contributed by atoms with Crippen LogP contribution in [0.4, 0.5) is 5.13 Å². The van der Waals surface area contributed by atoms with Gasteiger partial charge in [-0.2, -0.15) is 4.37 Å². The highest BCUT2D eigenvalue weighted by atomic mass is 32.1. The molecule has 1 N–H and O–H groups in total. The van der Waals surface area contributed by atoms with Crippen molar-refractivity contribution in [3.8, 4) is 0 Å². The highest BCUT2D eigenvalue weighted by molar-refractivity contribution is 7.09. The van der Waals surface area contributed by atoms with Crippen LogP contribution in [0.5, 0.6) is 0 Å². The van der Waals surface area contributed by atoms with Gasteiger partial charge in [0.1, 0.15) is 11.5 Å². The van der Waals surface area contributed by atoms with Crippen LogP contribution in [0.1, 0.15) is 42.5 Å². The molecule has 4 rings (SSSR count). The lowest BCUT2D eigenvalue weighted by molar-refractivity contribution is 0.0777. The number of carbonyl (C=O) groups is 1. The van der Waals surface area contributed by atoms with Gasteiger partial charge in [-0.1, -0.05) is 6.92 Å². The van der Waals surface area contributed by atoms with Gasteiger partial charge in [0.15, 0.2) is 0 Å². The van der Waals surface area contributed by atoms with E-state index in [0.717, 1.165) is 49.0 Å². The van der Waals surface area contributed by atoms with E-state index in [2.05, 4.69) is 21.6 Å². The molecule has 128 valence electrons. The molecule has 1 saturated heterocycles. The number of rotatable bonds is 5. The minimum Gasteiger partial charge on any atom is -0.353 e. The van der Waals surface area contributed by atoms with Gasteiger partial charge in [0, 0.05) is 50.2 Å². The number of amides is 1. The molecule has 0 aromatic carbocycles. The maximum absolute atomic E-state index is 12.8. The Morgan fingerprint density at radius 1 is 1.54 bits per heavy atom. The quantitative estimate of drug-likeness (QED) is 0.904. The summed E-state index contributed by atoms with van der Waals surface area (Å²) in [5.74, 6) is 1.56. The van der Waals surface area contributed by atoms with Gasteiger partial charge in [0.25, 0.3) is 5.91 Å². The first-order chi connectivity index (χ1) is 11.6. The fraction of sp³-hybridized carbons (Fsp3) is 0.588. The number of nitrogens with zero attached hydrogens (tertiary/aromatic N) is 4. The van der Waals surface area contributed by atoms with E-state index in [1.807, 2.05) is 34.8 Å². The van der Waals surface area contributed by atoms with Gasteiger partial charge < -0.3 is 14.8 Å². The van der Waals surface area contributed by atoms with Crippen molar-refractivity contribution in [2.24, 2.45) is 13.0 Å². The first kappa shape index (κ1) is 15.6. The molecule has 1 amide bonds. The zero-order valence-electron chi connectivity index (χ0n) is 14.2. The van der Waals surface area contributed by atoms with E-state index >= 15 is 0 Å². The molecule has 0 bridgehead atoms. The minimum atomic E-state index is -0.0101. The largest absolute Gasteiger partial charge is 0.353 e. The standard InChI is InChI=1S/C17H23N5OS/c1-3-5-14-18-16(24-20-14)19-17-8-7-12(17)10-22(11-17)15(23)13-6-4-9-21(13)2/h4,6,9,12H,3,5,7-8,10-11H2,1-2H3,(H,18,19,20). The van der Waals surface area contributed by atoms with E-state index in [9.17, 15) is 4.79 Å². The number of carbonyl (C=O) groups excluding carboxylic acids is 1. The van der Waals surface area contributed by atoms with E-state index < -0.39 is 0 Å². The van der Waals surface area contributed by atoms with Gasteiger partial charge in [-0.05, 0) is 31.4 Å². The Labute approximate surface area is 146 Å². The monoisotopic (exact) mass is 345 g/mol. The van der Waals surface area contributed by atoms with Gasteiger partial charge in [-0.3, -0.25) is 4.79 Å². The Hall–Kier alpha value is -1.89. The molecule has 2 aliphatic rings. The minimum absolute atomic E-state index is 0.0101. The summed E-state index contributed by atoms with van der Waals surface area (Å²) >= 11 is 1.44. The van der Waals surface area contributed by atoms with Crippen molar-refractivity contribution >= 4 is 22.6 Å². The number of likely N-dealkylation sites (tertiary alicyclic amines) is 1. The molecule has 24 heavy (non-hydrogen) atoms. The summed E-state index contributed by atoms with van der Waals surface area (Å²) in [6.07, 6.45) is 6.17. The smallest absolute Gasteiger partial charge is 0.270 e. The number of hydrogen-bond donors (Lipinski definition) is 1. The third-order valence-corrected chi connectivity index (χ3v) is 6.05. The van der Waals surface area contributed by atoms with Crippen LogP contribution in [-0.4, -0.2) is 43.4 Å². The van der Waals surface area contributed by atoms with Gasteiger partial charge in [-0.15, -0.1) is 0 Å². The van der Waals surface area contributed by atoms with Crippen molar-refractivity contribution in [1.82, 2.24) is 18.8 Å². The van der Waals surface area contributed by atoms with Gasteiger partial charge in [0.05, 0.1) is 5.54 Å². The maximum atomic E-state index is 12.8. The molecule has 6 nitrogen and oxygen atoms in total. The molecular formula is C17H23N5OS. The van der Waals surface area contributed by atoms with Crippen molar-refractivity contribution < 1.29 is 4.79 Å². The molecule has 2 aromatic heterocycles. The molecular weight excluding hydrogens is 322 g/mol. The first-order valence-corrected chi connectivity index (χ1v) is 9.40. The summed E-state index contributed by atoms with van der Waals surface area (Å²) < 4.78 is 6.31. The third-order valence-electron chi connectivity index (χ3n) is 5.38. The topological polar surface area (TPSA) is 63.1 Å². The van der Waals surface area contributed by atoms with Crippen LogP contribution in [0, 0.1) is 5.92 Å². The van der Waals surface area contributed by atoms with Gasteiger partial charge >= 0.3 is 0 Å². The molecule has 1 aliphatic heterocycles. The van der Waals surface area contributed by atoms with Crippen molar-refractivity contribution in [2.45, 2.75) is 38.1 Å². The molecule has 3 heterocycles. The van der Waals surface area contributed by atoms with Crippen molar-refractivity contribution in [3.05, 3.63) is 29.8 Å². The lowest BCUT2D eigenvalue weighted by atomic mass is 9.69. The fourth-order valence-electron chi connectivity index (χ4n) is 3.89. The van der Waals surface area contributed by atoms with Crippen LogP contribution in [0.25, 0.3) is 0 Å². The second kappa shape index (κ2) is 5.88. The van der Waals surface area contributed by atoms with Crippen LogP contribution in [0.2, 0.25) is 0 Å². The normalized spacial score (nSPS) is 25.4. The number of hydrogen-bond acceptors (Lipinski definition) is 5. The Bertz CT molecular complexity index is 754. The average Bonchev–Trinajstić information content (AvgIpc) is 3.22. The van der Waals surface area contributed by atoms with Crippen LogP contribution in [0.15, 0.2) is 18.3 Å². The summed E-state index contributed by atoms with van der Waals surface area (Å²) in [7, 11) is 1.92. The highest BCUT2D eigenvalue weighted by Gasteiger charge is 2.54. The molecule has 1 saturated carbocycles. The van der Waals surface area contributed by atoms with Crippen LogP contribution in [-0.2, 0) is 13.5 Å². The van der Waals surface area contributed by atoms with E-state index in [1.165, 1.54) is 18.0 Å². The third kappa shape index (κ3) is 2.51. The molecule has 0 radical (unpaired) electrons. The average molecular weight is 345 g/mol. The fourth-order valence-corrected chi connectivity index (χ4v) is 4.61. The SMILES string of the molecule is CCCc1nsc(NC23CCC2CN(C(=O)c2cccn2C)C3)n1. The lowest BCUT2D eigenvalue weighted by Gasteiger charge is -2.44. The van der Waals surface area contributed by atoms with E-state index in [4.69, 9.17) is 0 Å². The second-order valence-corrected chi connectivity index (χ2v) is 7.72. The second-order valence-electron chi connectivity index (χ2n) is 6.97. The van der Waals surface area contributed by atoms with Crippen molar-refractivity contribution in [2.75, 3.05) is 18.4 Å². The summed E-state index contributed by atoms with van der Waals surface area (Å²) in [6, 6.07) is 3.81. The summed E-state index contributed by atoms with van der Waals surface area (Å²) in [4.78, 5) is 19.4. The summed E-state index contributed by atoms with van der Waals surface area (Å²) in [6.45, 7) is 3.72. The molecule has 2 atom stereocenters. The predicted octanol–water partition coefficient (Wildman–Crippen LogP) is 2.55. The zero-order chi connectivity index (χ0) is 16.7. The van der Waals surface area contributed by atoms with E-state index in [0.29, 0.717) is 5.92 Å². The zero-order valence-corrected chi connectivity index (χ0v) is 15.0. The van der Waals surface area contributed by atoms with Crippen molar-refractivity contribution in [3.63, 3.8) is 0 Å². The Morgan fingerprint density at radius 3 is 3.08 bits per heavy atom.